The molecule has 4 amide bonds. The molecule has 14 heteroatoms. The molecule has 2 fully saturated rings. The molecule has 1 aromatic rings. The van der Waals surface area contributed by atoms with E-state index in [1.54, 1.807) is 13.8 Å². The van der Waals surface area contributed by atoms with Crippen LogP contribution in [-0.2, 0) is 24.0 Å². The van der Waals surface area contributed by atoms with Gasteiger partial charge in [-0.2, -0.15) is 8.78 Å². The fraction of sp³-hybridized carbons (Fsp3) is 0.607. The fourth-order valence-electron chi connectivity index (χ4n) is 5.08. The summed E-state index contributed by atoms with van der Waals surface area (Å²) in [4.78, 5) is 63.5. The van der Waals surface area contributed by atoms with Crippen LogP contribution >= 0.6 is 0 Å². The molecule has 1 heterocycles. The number of nitrogens with one attached hydrogen (secondary N) is 4. The quantitative estimate of drug-likeness (QED) is 0.155. The zero-order valence-corrected chi connectivity index (χ0v) is 23.5. The lowest BCUT2D eigenvalue weighted by molar-refractivity contribution is -0.141. The van der Waals surface area contributed by atoms with Crippen LogP contribution in [0.5, 0.6) is 5.75 Å². The van der Waals surface area contributed by atoms with E-state index in [4.69, 9.17) is 4.74 Å². The van der Waals surface area contributed by atoms with Crippen molar-refractivity contribution in [3.63, 3.8) is 0 Å². The molecular weight excluding hydrogens is 564 g/mol. The molecule has 1 aromatic carbocycles. The monoisotopic (exact) mass is 600 g/mol. The van der Waals surface area contributed by atoms with Crippen molar-refractivity contribution < 1.29 is 46.3 Å². The van der Waals surface area contributed by atoms with E-state index in [-0.39, 0.29) is 36.7 Å². The summed E-state index contributed by atoms with van der Waals surface area (Å²) in [5, 5.41) is 10.0. The third kappa shape index (κ3) is 8.89. The summed E-state index contributed by atoms with van der Waals surface area (Å²) in [6.07, 6.45) is 4.22. The maximum Gasteiger partial charge on any atom is 0.309 e. The van der Waals surface area contributed by atoms with E-state index in [9.17, 15) is 41.5 Å². The number of halogens is 4. The van der Waals surface area contributed by atoms with E-state index in [0.717, 1.165) is 25.7 Å². The van der Waals surface area contributed by atoms with Crippen LogP contribution in [0.4, 0.5) is 17.6 Å². The standard InChI is InChI=1S/C28H36F4N4O6/c1-14(2)9-20(36-28(41)27(40)34-12-15-5-3-4-6-15)26(39)35-19(10-16-7-8-33-25(16)38)21(37)13-42-24-22(31)17(29)11-18(30)23(24)32/h11,14-16,19-20H,3-10,12-13H2,1-2H3,(H,33,38)(H,34,40)(H,35,39)(H,36,41)/t16-,19-,20-/m0/s1. The highest BCUT2D eigenvalue weighted by Crippen LogP contribution is 2.27. The number of carbonyl (C=O) groups is 5. The molecule has 232 valence electrons. The average Bonchev–Trinajstić information content (AvgIpc) is 3.61. The summed E-state index contributed by atoms with van der Waals surface area (Å²) in [5.74, 6) is -13.2. The second-order valence-corrected chi connectivity index (χ2v) is 11.1. The molecule has 0 bridgehead atoms. The van der Waals surface area contributed by atoms with Gasteiger partial charge in [0.05, 0.1) is 6.04 Å². The van der Waals surface area contributed by atoms with E-state index in [2.05, 4.69) is 21.3 Å². The molecule has 1 aliphatic heterocycles. The van der Waals surface area contributed by atoms with Crippen LogP contribution in [0.25, 0.3) is 0 Å². The molecule has 3 atom stereocenters. The molecule has 0 aromatic heterocycles. The summed E-state index contributed by atoms with van der Waals surface area (Å²) in [7, 11) is 0. The van der Waals surface area contributed by atoms with Gasteiger partial charge in [0.25, 0.3) is 0 Å². The maximum atomic E-state index is 14.0. The van der Waals surface area contributed by atoms with Crippen LogP contribution in [0.3, 0.4) is 0 Å². The zero-order valence-electron chi connectivity index (χ0n) is 23.5. The SMILES string of the molecule is CC(C)C[C@H](NC(=O)C(=O)NCC1CCCC1)C(=O)N[C@@H](C[C@@H]1CCNC1=O)C(=O)COc1c(F)c(F)cc(F)c1F. The largest absolute Gasteiger partial charge is 0.479 e. The zero-order chi connectivity index (χ0) is 31.0. The smallest absolute Gasteiger partial charge is 0.309 e. The molecule has 4 N–H and O–H groups in total. The third-order valence-electron chi connectivity index (χ3n) is 7.38. The van der Waals surface area contributed by atoms with Gasteiger partial charge in [0, 0.05) is 25.1 Å². The van der Waals surface area contributed by atoms with Gasteiger partial charge in [-0.3, -0.25) is 24.0 Å². The third-order valence-corrected chi connectivity index (χ3v) is 7.38. The van der Waals surface area contributed by atoms with Crippen LogP contribution < -0.4 is 26.0 Å². The van der Waals surface area contributed by atoms with Crippen molar-refractivity contribution in [2.45, 2.75) is 70.9 Å². The number of carbonyl (C=O) groups excluding carboxylic acids is 5. The van der Waals surface area contributed by atoms with Gasteiger partial charge in [-0.1, -0.05) is 26.7 Å². The average molecular weight is 601 g/mol. The molecule has 0 radical (unpaired) electrons. The minimum Gasteiger partial charge on any atom is -0.479 e. The van der Waals surface area contributed by atoms with Gasteiger partial charge in [-0.25, -0.2) is 8.78 Å². The first kappa shape index (κ1) is 32.8. The van der Waals surface area contributed by atoms with Crippen molar-refractivity contribution in [1.29, 1.82) is 0 Å². The summed E-state index contributed by atoms with van der Waals surface area (Å²) in [6, 6.07) is -2.69. The number of amides is 4. The Balaban J connectivity index is 1.71. The molecule has 3 rings (SSSR count). The van der Waals surface area contributed by atoms with Crippen molar-refractivity contribution in [3.05, 3.63) is 29.3 Å². The number of Topliss-reactive ketones (excluding diaryl/α,β-unsaturated/α-hetero) is 1. The molecule has 42 heavy (non-hydrogen) atoms. The van der Waals surface area contributed by atoms with Crippen LogP contribution in [0.1, 0.15) is 58.8 Å². The van der Waals surface area contributed by atoms with Crippen LogP contribution in [0.15, 0.2) is 6.07 Å². The summed E-state index contributed by atoms with van der Waals surface area (Å²) >= 11 is 0. The van der Waals surface area contributed by atoms with Gasteiger partial charge in [0.15, 0.2) is 23.2 Å². The molecular formula is C28H36F4N4O6. The lowest BCUT2D eigenvalue weighted by Gasteiger charge is -2.25. The Kier molecular flexibility index (Phi) is 11.7. The van der Waals surface area contributed by atoms with E-state index in [1.165, 1.54) is 0 Å². The Hall–Kier alpha value is -3.71. The summed E-state index contributed by atoms with van der Waals surface area (Å²) in [5.41, 5.74) is 0. The maximum absolute atomic E-state index is 14.0. The van der Waals surface area contributed by atoms with Gasteiger partial charge in [-0.05, 0) is 43.9 Å². The highest BCUT2D eigenvalue weighted by molar-refractivity contribution is 6.35. The van der Waals surface area contributed by atoms with Gasteiger partial charge in [-0.15, -0.1) is 0 Å². The Labute approximate surface area is 240 Å². The molecule has 1 saturated heterocycles. The predicted molar refractivity (Wildman–Crippen MR) is 141 cm³/mol. The first-order valence-corrected chi connectivity index (χ1v) is 14.0. The number of ketones is 1. The number of benzene rings is 1. The normalized spacial score (nSPS) is 18.4. The fourth-order valence-corrected chi connectivity index (χ4v) is 5.08. The summed E-state index contributed by atoms with van der Waals surface area (Å²) < 4.78 is 60.0. The Morgan fingerprint density at radius 1 is 0.952 bits per heavy atom. The molecule has 0 unspecified atom stereocenters. The Bertz CT molecular complexity index is 1170. The molecule has 10 nitrogen and oxygen atoms in total. The number of ether oxygens (including phenoxy) is 1. The van der Waals surface area contributed by atoms with Crippen molar-refractivity contribution >= 4 is 29.4 Å². The lowest BCUT2D eigenvalue weighted by atomic mass is 9.95. The van der Waals surface area contributed by atoms with E-state index in [1.807, 2.05) is 0 Å². The van der Waals surface area contributed by atoms with Crippen LogP contribution in [0.2, 0.25) is 0 Å². The van der Waals surface area contributed by atoms with Crippen molar-refractivity contribution in [2.24, 2.45) is 17.8 Å². The molecule has 0 spiro atoms. The minimum atomic E-state index is -1.84. The summed E-state index contributed by atoms with van der Waals surface area (Å²) in [6.45, 7) is 3.11. The van der Waals surface area contributed by atoms with Crippen LogP contribution in [-0.4, -0.2) is 61.2 Å². The minimum absolute atomic E-state index is 0.0146. The second kappa shape index (κ2) is 15.0. The first-order chi connectivity index (χ1) is 19.9. The Morgan fingerprint density at radius 3 is 2.17 bits per heavy atom. The second-order valence-electron chi connectivity index (χ2n) is 11.1. The highest BCUT2D eigenvalue weighted by atomic mass is 19.2. The van der Waals surface area contributed by atoms with Crippen molar-refractivity contribution in [1.82, 2.24) is 21.3 Å². The van der Waals surface area contributed by atoms with Gasteiger partial charge >= 0.3 is 11.8 Å². The lowest BCUT2D eigenvalue weighted by Crippen LogP contribution is -2.55. The van der Waals surface area contributed by atoms with Crippen LogP contribution in [0, 0.1) is 41.0 Å². The molecule has 2 aliphatic rings. The number of hydrogen-bond acceptors (Lipinski definition) is 6. The number of rotatable bonds is 13. The molecule has 1 saturated carbocycles. The van der Waals surface area contributed by atoms with Gasteiger partial charge in [0.1, 0.15) is 12.6 Å². The topological polar surface area (TPSA) is 143 Å². The number of hydrogen-bond donors (Lipinski definition) is 4. The highest BCUT2D eigenvalue weighted by Gasteiger charge is 2.34. The van der Waals surface area contributed by atoms with Crippen molar-refractivity contribution in [2.75, 3.05) is 19.7 Å². The van der Waals surface area contributed by atoms with E-state index >= 15 is 0 Å². The van der Waals surface area contributed by atoms with E-state index < -0.39 is 77.1 Å². The van der Waals surface area contributed by atoms with Gasteiger partial charge < -0.3 is 26.0 Å². The van der Waals surface area contributed by atoms with E-state index in [0.29, 0.717) is 19.5 Å². The Morgan fingerprint density at radius 2 is 1.60 bits per heavy atom. The van der Waals surface area contributed by atoms with Gasteiger partial charge in [0.2, 0.25) is 23.4 Å². The first-order valence-electron chi connectivity index (χ1n) is 14.0. The molecule has 1 aliphatic carbocycles. The van der Waals surface area contributed by atoms with Crippen molar-refractivity contribution in [3.8, 4) is 5.75 Å². The predicted octanol–water partition coefficient (Wildman–Crippen LogP) is 2.04.